The third kappa shape index (κ3) is 4.06. The first-order valence-electron chi connectivity index (χ1n) is 11.7. The van der Waals surface area contributed by atoms with Gasteiger partial charge in [-0.2, -0.15) is 18.2 Å². The van der Waals surface area contributed by atoms with Gasteiger partial charge in [0.05, 0.1) is 27.7 Å². The fraction of sp³-hybridized carbons (Fsp3) is 0.522. The van der Waals surface area contributed by atoms with E-state index in [4.69, 9.17) is 4.52 Å². The minimum atomic E-state index is -4.45. The number of alkyl halides is 4. The molecule has 1 aromatic carbocycles. The monoisotopic (exact) mass is 509 g/mol. The van der Waals surface area contributed by atoms with Crippen molar-refractivity contribution in [2.75, 3.05) is 18.4 Å². The summed E-state index contributed by atoms with van der Waals surface area (Å²) >= 11 is 1.13. The number of halogens is 4. The number of piperidine rings is 1. The molecule has 0 spiro atoms. The number of nitrogens with zero attached hydrogens (tertiary/aromatic N) is 2. The largest absolute Gasteiger partial charge is 0.393 e. The van der Waals surface area contributed by atoms with Gasteiger partial charge in [-0.05, 0) is 48.7 Å². The maximum atomic E-state index is 14.4. The molecule has 1 aliphatic carbocycles. The molecule has 5 atom stereocenters. The van der Waals surface area contributed by atoms with Crippen LogP contribution in [0.1, 0.15) is 36.8 Å². The number of aromatic nitrogens is 2. The molecule has 0 unspecified atom stereocenters. The lowest BCUT2D eigenvalue weighted by Crippen LogP contribution is -2.45. The smallest absolute Gasteiger partial charge is 0.378 e. The molecule has 2 saturated heterocycles. The molecule has 7 nitrogen and oxygen atoms in total. The SMILES string of the molecule is O=C1N[C@@H](c2nc(-c3sc4c(N[C@@H]5CCNC[C@@H]5F)cccc4c3CC(F)(F)F)no2)[C@H]2CC[C@@H]12. The molecule has 2 aliphatic heterocycles. The first kappa shape index (κ1) is 22.7. The molecule has 12 heteroatoms. The Kier molecular flexibility index (Phi) is 5.48. The second-order valence-corrected chi connectivity index (χ2v) is 10.5. The van der Waals surface area contributed by atoms with Gasteiger partial charge in [0.1, 0.15) is 12.2 Å². The third-order valence-electron chi connectivity index (χ3n) is 7.25. The number of nitrogens with one attached hydrogen (secondary N) is 3. The summed E-state index contributed by atoms with van der Waals surface area (Å²) in [6, 6.07) is 4.20. The molecule has 4 heterocycles. The normalized spacial score (nSPS) is 28.6. The summed E-state index contributed by atoms with van der Waals surface area (Å²) in [7, 11) is 0. The van der Waals surface area contributed by atoms with Crippen molar-refractivity contribution in [2.24, 2.45) is 11.8 Å². The number of hydrogen-bond acceptors (Lipinski definition) is 7. The van der Waals surface area contributed by atoms with E-state index in [1.807, 2.05) is 0 Å². The number of hydrogen-bond donors (Lipinski definition) is 3. The van der Waals surface area contributed by atoms with Crippen molar-refractivity contribution in [1.29, 1.82) is 0 Å². The van der Waals surface area contributed by atoms with Crippen LogP contribution in [0.5, 0.6) is 0 Å². The van der Waals surface area contributed by atoms with Gasteiger partial charge in [-0.25, -0.2) is 4.39 Å². The molecule has 3 fully saturated rings. The van der Waals surface area contributed by atoms with Crippen LogP contribution in [0, 0.1) is 11.8 Å². The number of carbonyl (C=O) groups excluding carboxylic acids is 1. The Hall–Kier alpha value is -2.73. The highest BCUT2D eigenvalue weighted by Gasteiger charge is 2.50. The van der Waals surface area contributed by atoms with Crippen LogP contribution in [0.25, 0.3) is 20.8 Å². The number of amides is 1. The van der Waals surface area contributed by atoms with Crippen LogP contribution in [0.15, 0.2) is 22.7 Å². The first-order valence-corrected chi connectivity index (χ1v) is 12.5. The van der Waals surface area contributed by atoms with Crippen molar-refractivity contribution >= 4 is 33.0 Å². The van der Waals surface area contributed by atoms with E-state index in [0.717, 1.165) is 24.2 Å². The highest BCUT2D eigenvalue weighted by atomic mass is 32.1. The van der Waals surface area contributed by atoms with Gasteiger partial charge in [0.2, 0.25) is 17.6 Å². The van der Waals surface area contributed by atoms with Crippen molar-refractivity contribution in [2.45, 2.75) is 50.1 Å². The summed E-state index contributed by atoms with van der Waals surface area (Å²) in [6.45, 7) is 0.891. The van der Waals surface area contributed by atoms with E-state index in [9.17, 15) is 22.4 Å². The number of fused-ring (bicyclic) bond motifs is 2. The van der Waals surface area contributed by atoms with Gasteiger partial charge in [-0.15, -0.1) is 11.3 Å². The standard InChI is InChI=1S/C23H23F4N5O2S/c24-14-9-28-7-6-15(14)29-16-3-1-2-11-13(8-23(25,26)27)19(35-18(11)16)20-31-22(34-32-20)17-10-4-5-12(10)21(33)30-17/h1-3,10,12,14-15,17,28-29H,4-9H2,(H,30,33)/t10-,12+,14-,15+,17+/m0/s1. The summed E-state index contributed by atoms with van der Waals surface area (Å²) in [5.74, 6) is 0.231. The Morgan fingerprint density at radius 1 is 1.23 bits per heavy atom. The average molecular weight is 510 g/mol. The molecular formula is C23H23F4N5O2S. The maximum absolute atomic E-state index is 14.4. The molecule has 35 heavy (non-hydrogen) atoms. The van der Waals surface area contributed by atoms with Crippen LogP contribution >= 0.6 is 11.3 Å². The topological polar surface area (TPSA) is 92.1 Å². The highest BCUT2D eigenvalue weighted by molar-refractivity contribution is 7.23. The van der Waals surface area contributed by atoms with Gasteiger partial charge < -0.3 is 20.5 Å². The average Bonchev–Trinajstić information content (AvgIpc) is 3.44. The van der Waals surface area contributed by atoms with E-state index in [0.29, 0.717) is 28.7 Å². The van der Waals surface area contributed by atoms with Crippen molar-refractivity contribution in [3.05, 3.63) is 29.7 Å². The van der Waals surface area contributed by atoms with Crippen LogP contribution in [-0.4, -0.2) is 47.5 Å². The molecule has 3 aliphatic rings. The highest BCUT2D eigenvalue weighted by Crippen LogP contribution is 2.48. The molecule has 186 valence electrons. The van der Waals surface area contributed by atoms with E-state index in [1.54, 1.807) is 18.2 Å². The first-order chi connectivity index (χ1) is 16.8. The number of benzene rings is 1. The zero-order valence-corrected chi connectivity index (χ0v) is 19.3. The van der Waals surface area contributed by atoms with Gasteiger partial charge in [-0.1, -0.05) is 17.3 Å². The van der Waals surface area contributed by atoms with Crippen molar-refractivity contribution in [3.63, 3.8) is 0 Å². The molecule has 0 radical (unpaired) electrons. The van der Waals surface area contributed by atoms with E-state index in [2.05, 4.69) is 26.1 Å². The van der Waals surface area contributed by atoms with Crippen molar-refractivity contribution < 1.29 is 26.9 Å². The van der Waals surface area contributed by atoms with E-state index < -0.39 is 30.9 Å². The Morgan fingerprint density at radius 2 is 2.09 bits per heavy atom. The Balaban J connectivity index is 1.39. The van der Waals surface area contributed by atoms with Crippen LogP contribution in [0.4, 0.5) is 23.2 Å². The number of carbonyl (C=O) groups is 1. The quantitative estimate of drug-likeness (QED) is 0.443. The Labute approximate surface area is 201 Å². The van der Waals surface area contributed by atoms with Crippen LogP contribution < -0.4 is 16.0 Å². The predicted octanol–water partition coefficient (Wildman–Crippen LogP) is 4.37. The lowest BCUT2D eigenvalue weighted by molar-refractivity contribution is -0.127. The zero-order valence-electron chi connectivity index (χ0n) is 18.5. The van der Waals surface area contributed by atoms with Crippen LogP contribution in [0.2, 0.25) is 0 Å². The Bertz CT molecular complexity index is 1270. The van der Waals surface area contributed by atoms with Crippen molar-refractivity contribution in [1.82, 2.24) is 20.8 Å². The molecule has 1 amide bonds. The molecule has 3 aromatic rings. The summed E-state index contributed by atoms with van der Waals surface area (Å²) in [6.07, 6.45) is -4.48. The van der Waals surface area contributed by atoms with Gasteiger partial charge in [0.25, 0.3) is 0 Å². The lowest BCUT2D eigenvalue weighted by atomic mass is 9.73. The molecule has 6 rings (SSSR count). The molecule has 0 bridgehead atoms. The lowest BCUT2D eigenvalue weighted by Gasteiger charge is -2.29. The molecule has 2 aromatic heterocycles. The minimum absolute atomic E-state index is 0.0505. The minimum Gasteiger partial charge on any atom is -0.378 e. The van der Waals surface area contributed by atoms with Gasteiger partial charge in [0.15, 0.2) is 0 Å². The van der Waals surface area contributed by atoms with Crippen molar-refractivity contribution in [3.8, 4) is 10.7 Å². The molecule has 1 saturated carbocycles. The van der Waals surface area contributed by atoms with Gasteiger partial charge in [0, 0.05) is 12.5 Å². The molecular weight excluding hydrogens is 486 g/mol. The number of thiophene rings is 1. The summed E-state index contributed by atoms with van der Waals surface area (Å²) in [5.41, 5.74) is 0.647. The summed E-state index contributed by atoms with van der Waals surface area (Å²) in [5, 5.41) is 13.5. The van der Waals surface area contributed by atoms with E-state index >= 15 is 0 Å². The second kappa shape index (κ2) is 8.44. The van der Waals surface area contributed by atoms with Gasteiger partial charge >= 0.3 is 6.18 Å². The zero-order chi connectivity index (χ0) is 24.3. The fourth-order valence-electron chi connectivity index (χ4n) is 5.34. The molecule has 3 N–H and O–H groups in total. The predicted molar refractivity (Wildman–Crippen MR) is 122 cm³/mol. The van der Waals surface area contributed by atoms with E-state index in [1.165, 1.54) is 0 Å². The van der Waals surface area contributed by atoms with Gasteiger partial charge in [-0.3, -0.25) is 4.79 Å². The third-order valence-corrected chi connectivity index (χ3v) is 8.52. The van der Waals surface area contributed by atoms with E-state index in [-0.39, 0.29) is 46.4 Å². The van der Waals surface area contributed by atoms with Crippen LogP contribution in [-0.2, 0) is 11.2 Å². The van der Waals surface area contributed by atoms with Crippen LogP contribution in [0.3, 0.4) is 0 Å². The fourth-order valence-corrected chi connectivity index (χ4v) is 6.56. The number of rotatable bonds is 5. The summed E-state index contributed by atoms with van der Waals surface area (Å²) < 4.78 is 61.2. The second-order valence-electron chi connectivity index (χ2n) is 9.43. The number of anilines is 1. The Morgan fingerprint density at radius 3 is 2.80 bits per heavy atom. The maximum Gasteiger partial charge on any atom is 0.393 e. The summed E-state index contributed by atoms with van der Waals surface area (Å²) in [4.78, 5) is 16.8.